The molecular weight excluding hydrogens is 248 g/mol. The minimum Gasteiger partial charge on any atom is -0.328 e. The monoisotopic (exact) mass is 270 g/mol. The molecule has 2 N–H and O–H groups in total. The molecule has 5 heteroatoms. The molecule has 0 aliphatic heterocycles. The number of anilines is 1. The van der Waals surface area contributed by atoms with E-state index in [0.717, 1.165) is 16.8 Å². The Kier molecular flexibility index (Phi) is 4.76. The average Bonchev–Trinajstić information content (AvgIpc) is 2.20. The van der Waals surface area contributed by atoms with E-state index in [9.17, 15) is 8.42 Å². The predicted octanol–water partition coefficient (Wildman–Crippen LogP) is 1.81. The van der Waals surface area contributed by atoms with E-state index in [0.29, 0.717) is 13.0 Å². The van der Waals surface area contributed by atoms with Crippen molar-refractivity contribution in [3.05, 3.63) is 29.3 Å². The Balaban J connectivity index is 3.19. The highest BCUT2D eigenvalue weighted by molar-refractivity contribution is 7.92. The van der Waals surface area contributed by atoms with Crippen molar-refractivity contribution in [2.75, 3.05) is 17.1 Å². The number of rotatable bonds is 5. The van der Waals surface area contributed by atoms with Gasteiger partial charge in [0.05, 0.1) is 11.9 Å². The largest absolute Gasteiger partial charge is 0.328 e. The van der Waals surface area contributed by atoms with Crippen LogP contribution in [0.4, 0.5) is 5.69 Å². The molecule has 0 spiro atoms. The highest BCUT2D eigenvalue weighted by Crippen LogP contribution is 2.26. The molecule has 18 heavy (non-hydrogen) atoms. The number of nitrogens with zero attached hydrogens (tertiary/aromatic N) is 1. The van der Waals surface area contributed by atoms with E-state index in [4.69, 9.17) is 5.73 Å². The molecule has 0 aromatic heterocycles. The lowest BCUT2D eigenvalue weighted by molar-refractivity contribution is 0.590. The van der Waals surface area contributed by atoms with E-state index in [2.05, 4.69) is 0 Å². The van der Waals surface area contributed by atoms with Crippen LogP contribution in [-0.4, -0.2) is 27.3 Å². The molecule has 1 aromatic carbocycles. The lowest BCUT2D eigenvalue weighted by Crippen LogP contribution is -2.34. The Bertz CT molecular complexity index is 489. The van der Waals surface area contributed by atoms with Gasteiger partial charge in [0.25, 0.3) is 0 Å². The Morgan fingerprint density at radius 3 is 2.17 bits per heavy atom. The van der Waals surface area contributed by atoms with Crippen LogP contribution in [0.3, 0.4) is 0 Å². The summed E-state index contributed by atoms with van der Waals surface area (Å²) in [4.78, 5) is 0. The molecule has 1 atom stereocenters. The van der Waals surface area contributed by atoms with Gasteiger partial charge in [-0.1, -0.05) is 18.2 Å². The van der Waals surface area contributed by atoms with Crippen molar-refractivity contribution in [3.63, 3.8) is 0 Å². The molecule has 0 aliphatic carbocycles. The number of aryl methyl sites for hydroxylation is 2. The van der Waals surface area contributed by atoms with Crippen molar-refractivity contribution in [2.24, 2.45) is 5.73 Å². The third-order valence-corrected chi connectivity index (χ3v) is 4.04. The van der Waals surface area contributed by atoms with Crippen molar-refractivity contribution in [1.29, 1.82) is 0 Å². The lowest BCUT2D eigenvalue weighted by Gasteiger charge is -2.26. The van der Waals surface area contributed by atoms with Crippen LogP contribution in [0, 0.1) is 13.8 Å². The van der Waals surface area contributed by atoms with Gasteiger partial charge in [0, 0.05) is 12.6 Å². The first-order valence-corrected chi connectivity index (χ1v) is 7.88. The van der Waals surface area contributed by atoms with Crippen molar-refractivity contribution < 1.29 is 8.42 Å². The van der Waals surface area contributed by atoms with Crippen LogP contribution < -0.4 is 10.0 Å². The number of hydrogen-bond acceptors (Lipinski definition) is 3. The minimum absolute atomic E-state index is 0.0152. The Labute approximate surface area is 110 Å². The number of nitrogens with two attached hydrogens (primary N) is 1. The molecule has 0 fully saturated rings. The Morgan fingerprint density at radius 2 is 1.78 bits per heavy atom. The summed E-state index contributed by atoms with van der Waals surface area (Å²) in [5.74, 6) is 0. The molecule has 0 saturated carbocycles. The number of sulfonamides is 1. The smallest absolute Gasteiger partial charge is 0.232 e. The lowest BCUT2D eigenvalue weighted by atomic mass is 10.1. The van der Waals surface area contributed by atoms with Gasteiger partial charge < -0.3 is 5.73 Å². The maximum atomic E-state index is 11.9. The summed E-state index contributed by atoms with van der Waals surface area (Å²) in [6.45, 7) is 6.14. The van der Waals surface area contributed by atoms with Gasteiger partial charge in [-0.15, -0.1) is 0 Å². The fourth-order valence-electron chi connectivity index (χ4n) is 1.96. The van der Waals surface area contributed by atoms with Gasteiger partial charge in [0.1, 0.15) is 0 Å². The van der Waals surface area contributed by atoms with Crippen LogP contribution in [-0.2, 0) is 10.0 Å². The molecule has 4 nitrogen and oxygen atoms in total. The molecule has 0 radical (unpaired) electrons. The van der Waals surface area contributed by atoms with Crippen LogP contribution >= 0.6 is 0 Å². The van der Waals surface area contributed by atoms with Crippen LogP contribution in [0.1, 0.15) is 24.5 Å². The highest BCUT2D eigenvalue weighted by Gasteiger charge is 2.20. The van der Waals surface area contributed by atoms with Gasteiger partial charge in [0.2, 0.25) is 10.0 Å². The van der Waals surface area contributed by atoms with Crippen LogP contribution in [0.2, 0.25) is 0 Å². The molecule has 0 heterocycles. The van der Waals surface area contributed by atoms with E-state index in [1.807, 2.05) is 39.0 Å². The fraction of sp³-hybridized carbons (Fsp3) is 0.538. The van der Waals surface area contributed by atoms with Crippen molar-refractivity contribution in [2.45, 2.75) is 33.2 Å². The van der Waals surface area contributed by atoms with Gasteiger partial charge >= 0.3 is 0 Å². The quantitative estimate of drug-likeness (QED) is 0.887. The van der Waals surface area contributed by atoms with Crippen LogP contribution in [0.25, 0.3) is 0 Å². The van der Waals surface area contributed by atoms with E-state index < -0.39 is 10.0 Å². The van der Waals surface area contributed by atoms with Gasteiger partial charge in [0.15, 0.2) is 0 Å². The van der Waals surface area contributed by atoms with E-state index >= 15 is 0 Å². The predicted molar refractivity (Wildman–Crippen MR) is 76.4 cm³/mol. The highest BCUT2D eigenvalue weighted by atomic mass is 32.2. The zero-order chi connectivity index (χ0) is 13.9. The summed E-state index contributed by atoms with van der Waals surface area (Å²) in [5, 5.41) is 0. The number of benzene rings is 1. The zero-order valence-corrected chi connectivity index (χ0v) is 12.3. The third kappa shape index (κ3) is 3.71. The minimum atomic E-state index is -3.28. The third-order valence-electron chi connectivity index (χ3n) is 2.88. The normalized spacial score (nSPS) is 13.4. The molecule has 1 aromatic rings. The van der Waals surface area contributed by atoms with Crippen LogP contribution in [0.5, 0.6) is 0 Å². The van der Waals surface area contributed by atoms with Crippen LogP contribution in [0.15, 0.2) is 18.2 Å². The van der Waals surface area contributed by atoms with Crippen molar-refractivity contribution in [1.82, 2.24) is 0 Å². The van der Waals surface area contributed by atoms with E-state index in [1.165, 1.54) is 10.6 Å². The second kappa shape index (κ2) is 5.71. The van der Waals surface area contributed by atoms with Gasteiger partial charge in [-0.2, -0.15) is 0 Å². The second-order valence-corrected chi connectivity index (χ2v) is 6.75. The number of hydrogen-bond donors (Lipinski definition) is 1. The summed E-state index contributed by atoms with van der Waals surface area (Å²) in [7, 11) is -3.28. The average molecular weight is 270 g/mol. The van der Waals surface area contributed by atoms with Crippen molar-refractivity contribution in [3.8, 4) is 0 Å². The molecule has 0 amide bonds. The second-order valence-electron chi connectivity index (χ2n) is 4.84. The molecule has 0 bridgehead atoms. The summed E-state index contributed by atoms with van der Waals surface area (Å²) in [6.07, 6.45) is 1.88. The topological polar surface area (TPSA) is 63.4 Å². The maximum absolute atomic E-state index is 11.9. The van der Waals surface area contributed by atoms with Gasteiger partial charge in [-0.05, 0) is 38.3 Å². The van der Waals surface area contributed by atoms with Gasteiger partial charge in [-0.25, -0.2) is 8.42 Å². The molecule has 0 saturated heterocycles. The molecule has 0 aliphatic rings. The van der Waals surface area contributed by atoms with Gasteiger partial charge in [-0.3, -0.25) is 4.31 Å². The summed E-state index contributed by atoms with van der Waals surface area (Å²) >= 11 is 0. The van der Waals surface area contributed by atoms with E-state index in [-0.39, 0.29) is 6.04 Å². The van der Waals surface area contributed by atoms with Crippen molar-refractivity contribution >= 4 is 15.7 Å². The molecule has 1 unspecified atom stereocenters. The summed E-state index contributed by atoms with van der Waals surface area (Å²) < 4.78 is 25.3. The SMILES string of the molecule is Cc1cccc(C)c1N(CCC(C)N)S(C)(=O)=O. The molecule has 1 rings (SSSR count). The summed E-state index contributed by atoms with van der Waals surface area (Å²) in [6, 6.07) is 5.76. The standard InChI is InChI=1S/C13H22N2O2S/c1-10-6-5-7-11(2)13(10)15(18(4,16)17)9-8-12(3)14/h5-7,12H,8-9,14H2,1-4H3. The molecular formula is C13H22N2O2S. The zero-order valence-electron chi connectivity index (χ0n) is 11.5. The fourth-order valence-corrected chi connectivity index (χ4v) is 3.02. The number of para-hydroxylation sites is 1. The van der Waals surface area contributed by atoms with E-state index in [1.54, 1.807) is 0 Å². The summed E-state index contributed by atoms with van der Waals surface area (Å²) in [5.41, 5.74) is 8.42. The first-order valence-electron chi connectivity index (χ1n) is 6.03. The first kappa shape index (κ1) is 15.0. The first-order chi connectivity index (χ1) is 8.23. The maximum Gasteiger partial charge on any atom is 0.232 e. The Hall–Kier alpha value is -1.07. The Morgan fingerprint density at radius 1 is 1.28 bits per heavy atom. The molecule has 102 valence electrons.